The maximum atomic E-state index is 12.5. The molecule has 4 nitrogen and oxygen atoms in total. The van der Waals surface area contributed by atoms with Crippen molar-refractivity contribution >= 4 is 17.7 Å². The van der Waals surface area contributed by atoms with Gasteiger partial charge in [-0.2, -0.15) is 0 Å². The van der Waals surface area contributed by atoms with Crippen molar-refractivity contribution in [2.75, 3.05) is 19.4 Å². The minimum atomic E-state index is -0.198. The van der Waals surface area contributed by atoms with Crippen molar-refractivity contribution < 1.29 is 9.53 Å². The number of rotatable bonds is 4. The molecule has 1 aliphatic rings. The van der Waals surface area contributed by atoms with Crippen LogP contribution in [0.1, 0.15) is 17.2 Å². The van der Waals surface area contributed by atoms with Crippen molar-refractivity contribution in [2.24, 2.45) is 5.73 Å². The van der Waals surface area contributed by atoms with Crippen LogP contribution < -0.4 is 15.8 Å². The van der Waals surface area contributed by atoms with Gasteiger partial charge in [0, 0.05) is 18.2 Å². The molecule has 0 aliphatic carbocycles. The van der Waals surface area contributed by atoms with Crippen LogP contribution in [0.5, 0.6) is 5.75 Å². The summed E-state index contributed by atoms with van der Waals surface area (Å²) in [6.07, 6.45) is 0.912. The van der Waals surface area contributed by atoms with Gasteiger partial charge in [0.15, 0.2) is 0 Å². The Hall–Kier alpha value is -1.98. The first-order chi connectivity index (χ1) is 11.7. The average Bonchev–Trinajstić information content (AvgIpc) is 2.83. The van der Waals surface area contributed by atoms with Crippen molar-refractivity contribution in [1.82, 2.24) is 5.32 Å². The normalized spacial score (nSPS) is 21.0. The molecule has 1 heterocycles. The van der Waals surface area contributed by atoms with Gasteiger partial charge >= 0.3 is 0 Å². The molecular weight excluding hydrogens is 320 g/mol. The van der Waals surface area contributed by atoms with Crippen molar-refractivity contribution in [3.8, 4) is 16.9 Å². The van der Waals surface area contributed by atoms with Gasteiger partial charge in [-0.1, -0.05) is 36.4 Å². The smallest absolute Gasteiger partial charge is 0.237 e. The predicted octanol–water partition coefficient (Wildman–Crippen LogP) is 2.98. The Kier molecular flexibility index (Phi) is 5.43. The Bertz CT molecular complexity index is 720. The highest BCUT2D eigenvalue weighted by molar-refractivity contribution is 8.00. The molecule has 2 aromatic rings. The molecule has 2 aromatic carbocycles. The van der Waals surface area contributed by atoms with Crippen molar-refractivity contribution in [3.05, 3.63) is 54.1 Å². The minimum absolute atomic E-state index is 0.0464. The van der Waals surface area contributed by atoms with Gasteiger partial charge in [-0.05, 0) is 35.4 Å². The Morgan fingerprint density at radius 3 is 2.88 bits per heavy atom. The predicted molar refractivity (Wildman–Crippen MR) is 99.2 cm³/mol. The molecule has 1 fully saturated rings. The van der Waals surface area contributed by atoms with Gasteiger partial charge in [-0.3, -0.25) is 4.79 Å². The van der Waals surface area contributed by atoms with Crippen LogP contribution >= 0.6 is 11.8 Å². The van der Waals surface area contributed by atoms with Gasteiger partial charge in [0.2, 0.25) is 5.91 Å². The van der Waals surface area contributed by atoms with E-state index in [1.54, 1.807) is 18.9 Å². The van der Waals surface area contributed by atoms with E-state index in [0.717, 1.165) is 34.6 Å². The molecule has 0 radical (unpaired) electrons. The fraction of sp³-hybridized carbons (Fsp3) is 0.316. The number of benzene rings is 2. The van der Waals surface area contributed by atoms with Crippen LogP contribution in [0.2, 0.25) is 0 Å². The monoisotopic (exact) mass is 342 g/mol. The number of hydrogen-bond donors (Lipinski definition) is 2. The second-order valence-electron chi connectivity index (χ2n) is 5.81. The lowest BCUT2D eigenvalue weighted by atomic mass is 10.0. The Balaban J connectivity index is 1.91. The van der Waals surface area contributed by atoms with Crippen LogP contribution in [-0.2, 0) is 4.79 Å². The molecule has 1 amide bonds. The van der Waals surface area contributed by atoms with Crippen molar-refractivity contribution in [3.63, 3.8) is 0 Å². The molecule has 0 bridgehead atoms. The van der Waals surface area contributed by atoms with E-state index < -0.39 is 0 Å². The standard InChI is InChI=1S/C19H22N2O2S/c1-23-17-8-3-2-7-16(17)13-5-4-6-14(11-13)18-19(22)21-15(12-20)9-10-24-18/h2-8,11,15,18H,9-10,12,20H2,1H3,(H,21,22)/t15-,18+/m0/s1. The molecule has 3 N–H and O–H groups in total. The maximum absolute atomic E-state index is 12.5. The highest BCUT2D eigenvalue weighted by Gasteiger charge is 2.27. The van der Waals surface area contributed by atoms with Gasteiger partial charge in [0.25, 0.3) is 0 Å². The van der Waals surface area contributed by atoms with Crippen LogP contribution in [-0.4, -0.2) is 31.4 Å². The first-order valence-electron chi connectivity index (χ1n) is 8.08. The van der Waals surface area contributed by atoms with Crippen LogP contribution in [0.25, 0.3) is 11.1 Å². The number of carbonyl (C=O) groups is 1. The number of thioether (sulfide) groups is 1. The zero-order valence-electron chi connectivity index (χ0n) is 13.7. The number of nitrogens with two attached hydrogens (primary N) is 1. The second kappa shape index (κ2) is 7.73. The van der Waals surface area contributed by atoms with Crippen LogP contribution in [0.4, 0.5) is 0 Å². The van der Waals surface area contributed by atoms with E-state index >= 15 is 0 Å². The van der Waals surface area contributed by atoms with E-state index in [1.807, 2.05) is 42.5 Å². The number of methoxy groups -OCH3 is 1. The third kappa shape index (κ3) is 3.57. The first kappa shape index (κ1) is 16.9. The topological polar surface area (TPSA) is 64.3 Å². The van der Waals surface area contributed by atoms with E-state index in [4.69, 9.17) is 10.5 Å². The molecular formula is C19H22N2O2S. The van der Waals surface area contributed by atoms with Gasteiger partial charge in [-0.15, -0.1) is 11.8 Å². The molecule has 0 aromatic heterocycles. The summed E-state index contributed by atoms with van der Waals surface area (Å²) in [7, 11) is 1.67. The molecule has 24 heavy (non-hydrogen) atoms. The summed E-state index contributed by atoms with van der Waals surface area (Å²) in [5.41, 5.74) is 8.81. The number of para-hydroxylation sites is 1. The molecule has 5 heteroatoms. The molecule has 1 aliphatic heterocycles. The highest BCUT2D eigenvalue weighted by Crippen LogP contribution is 2.36. The third-order valence-electron chi connectivity index (χ3n) is 4.23. The summed E-state index contributed by atoms with van der Waals surface area (Å²) in [5.74, 6) is 1.80. The zero-order chi connectivity index (χ0) is 16.9. The van der Waals surface area contributed by atoms with Crippen molar-refractivity contribution in [2.45, 2.75) is 17.7 Å². The summed E-state index contributed by atoms with van der Waals surface area (Å²) in [4.78, 5) is 12.5. The molecule has 126 valence electrons. The number of ether oxygens (including phenoxy) is 1. The highest BCUT2D eigenvalue weighted by atomic mass is 32.2. The zero-order valence-corrected chi connectivity index (χ0v) is 14.5. The largest absolute Gasteiger partial charge is 0.496 e. The first-order valence-corrected chi connectivity index (χ1v) is 9.13. The molecule has 0 unspecified atom stereocenters. The summed E-state index contributed by atoms with van der Waals surface area (Å²) in [5, 5.41) is 2.85. The van der Waals surface area contributed by atoms with E-state index in [9.17, 15) is 4.79 Å². The number of amides is 1. The van der Waals surface area contributed by atoms with E-state index in [-0.39, 0.29) is 17.2 Å². The fourth-order valence-corrected chi connectivity index (χ4v) is 4.14. The number of hydrogen-bond acceptors (Lipinski definition) is 4. The second-order valence-corrected chi connectivity index (χ2v) is 7.02. The molecule has 1 saturated heterocycles. The van der Waals surface area contributed by atoms with E-state index in [1.165, 1.54) is 0 Å². The lowest BCUT2D eigenvalue weighted by Gasteiger charge is -2.17. The van der Waals surface area contributed by atoms with Crippen LogP contribution in [0.15, 0.2) is 48.5 Å². The molecule has 0 spiro atoms. The lowest BCUT2D eigenvalue weighted by molar-refractivity contribution is -0.121. The summed E-state index contributed by atoms with van der Waals surface area (Å²) in [6, 6.07) is 16.1. The van der Waals surface area contributed by atoms with Crippen LogP contribution in [0, 0.1) is 0 Å². The van der Waals surface area contributed by atoms with Crippen LogP contribution in [0.3, 0.4) is 0 Å². The Morgan fingerprint density at radius 2 is 2.08 bits per heavy atom. The fourth-order valence-electron chi connectivity index (χ4n) is 2.93. The molecule has 0 saturated carbocycles. The maximum Gasteiger partial charge on any atom is 0.237 e. The minimum Gasteiger partial charge on any atom is -0.496 e. The van der Waals surface area contributed by atoms with E-state index in [0.29, 0.717) is 6.54 Å². The Labute approximate surface area is 146 Å². The van der Waals surface area contributed by atoms with Gasteiger partial charge in [0.1, 0.15) is 11.0 Å². The van der Waals surface area contributed by atoms with Gasteiger partial charge in [0.05, 0.1) is 7.11 Å². The number of carbonyl (C=O) groups excluding carboxylic acids is 1. The quantitative estimate of drug-likeness (QED) is 0.896. The molecule has 2 atom stereocenters. The summed E-state index contributed by atoms with van der Waals surface area (Å²) < 4.78 is 5.46. The summed E-state index contributed by atoms with van der Waals surface area (Å²) >= 11 is 1.68. The average molecular weight is 342 g/mol. The van der Waals surface area contributed by atoms with E-state index in [2.05, 4.69) is 11.4 Å². The third-order valence-corrected chi connectivity index (χ3v) is 5.52. The molecule has 3 rings (SSSR count). The van der Waals surface area contributed by atoms with Crippen molar-refractivity contribution in [1.29, 1.82) is 0 Å². The number of nitrogens with one attached hydrogen (secondary N) is 1. The summed E-state index contributed by atoms with van der Waals surface area (Å²) in [6.45, 7) is 0.486. The van der Waals surface area contributed by atoms with Gasteiger partial charge in [-0.25, -0.2) is 0 Å². The van der Waals surface area contributed by atoms with Gasteiger partial charge < -0.3 is 15.8 Å². The SMILES string of the molecule is COc1ccccc1-c1cccc([C@H]2SCC[C@@H](CN)NC2=O)c1. The Morgan fingerprint density at radius 1 is 1.25 bits per heavy atom. The lowest BCUT2D eigenvalue weighted by Crippen LogP contribution is -2.40.